The van der Waals surface area contributed by atoms with Gasteiger partial charge in [0.15, 0.2) is 5.65 Å². The quantitative estimate of drug-likeness (QED) is 0.669. The van der Waals surface area contributed by atoms with Gasteiger partial charge in [-0.05, 0) is 44.0 Å². The zero-order valence-electron chi connectivity index (χ0n) is 15.2. The van der Waals surface area contributed by atoms with Gasteiger partial charge in [0.05, 0.1) is 22.2 Å². The van der Waals surface area contributed by atoms with Crippen LogP contribution in [0.5, 0.6) is 0 Å². The van der Waals surface area contributed by atoms with Gasteiger partial charge in [0.1, 0.15) is 11.5 Å². The molecule has 0 radical (unpaired) electrons. The highest BCUT2D eigenvalue weighted by Crippen LogP contribution is 2.37. The van der Waals surface area contributed by atoms with E-state index in [9.17, 15) is 23.1 Å². The molecule has 0 aliphatic heterocycles. The average molecular weight is 425 g/mol. The number of nitrogens with one attached hydrogen (secondary N) is 1. The number of aliphatic hydroxyl groups excluding tert-OH is 1. The molecule has 0 saturated heterocycles. The van der Waals surface area contributed by atoms with E-state index in [1.165, 1.54) is 18.2 Å². The molecule has 1 aliphatic carbocycles. The summed E-state index contributed by atoms with van der Waals surface area (Å²) in [4.78, 5) is 20.6. The summed E-state index contributed by atoms with van der Waals surface area (Å²) in [6.45, 7) is 1.84. The number of aromatic nitrogens is 3. The molecule has 0 bridgehead atoms. The number of hydrogen-bond donors (Lipinski definition) is 2. The number of para-hydroxylation sites is 1. The van der Waals surface area contributed by atoms with E-state index in [0.717, 1.165) is 10.6 Å². The van der Waals surface area contributed by atoms with Crippen LogP contribution in [0.3, 0.4) is 0 Å². The van der Waals surface area contributed by atoms with E-state index in [0.29, 0.717) is 12.8 Å². The van der Waals surface area contributed by atoms with Crippen molar-refractivity contribution in [2.24, 2.45) is 0 Å². The maximum absolute atomic E-state index is 13.3. The van der Waals surface area contributed by atoms with Crippen molar-refractivity contribution in [2.45, 2.75) is 37.6 Å². The molecular weight excluding hydrogens is 409 g/mol. The second-order valence-corrected chi connectivity index (χ2v) is 7.75. The van der Waals surface area contributed by atoms with E-state index in [1.54, 1.807) is 12.1 Å². The van der Waals surface area contributed by atoms with Gasteiger partial charge < -0.3 is 10.4 Å². The Labute approximate surface area is 168 Å². The molecule has 6 nitrogen and oxygen atoms in total. The molecule has 29 heavy (non-hydrogen) atoms. The Kier molecular flexibility index (Phi) is 4.54. The number of alkyl halides is 3. The first-order chi connectivity index (χ1) is 13.6. The van der Waals surface area contributed by atoms with Gasteiger partial charge in [-0.3, -0.25) is 0 Å². The molecule has 1 aliphatic rings. The molecule has 0 atom stereocenters. The summed E-state index contributed by atoms with van der Waals surface area (Å²) in [6, 6.07) is 8.34. The SMILES string of the molecule is C[C@]1(Nc2nc(=O)n(-c3ccccc3Cl)c3nc(C(F)(F)F)ccc23)C[C@@H](O)C1. The summed E-state index contributed by atoms with van der Waals surface area (Å²) in [5.41, 5.74) is -2.50. The predicted molar refractivity (Wildman–Crippen MR) is 102 cm³/mol. The minimum Gasteiger partial charge on any atom is -0.393 e. The van der Waals surface area contributed by atoms with Gasteiger partial charge in [0.25, 0.3) is 0 Å². The van der Waals surface area contributed by atoms with Gasteiger partial charge >= 0.3 is 11.9 Å². The average Bonchev–Trinajstić information content (AvgIpc) is 2.60. The molecule has 2 aromatic heterocycles. The Morgan fingerprint density at radius 3 is 2.52 bits per heavy atom. The molecule has 4 rings (SSSR count). The minimum atomic E-state index is -4.68. The first-order valence-corrected chi connectivity index (χ1v) is 9.17. The number of anilines is 1. The van der Waals surface area contributed by atoms with Crippen LogP contribution in [-0.2, 0) is 6.18 Å². The van der Waals surface area contributed by atoms with Crippen LogP contribution < -0.4 is 11.0 Å². The largest absolute Gasteiger partial charge is 0.433 e. The van der Waals surface area contributed by atoms with Crippen molar-refractivity contribution in [1.82, 2.24) is 14.5 Å². The van der Waals surface area contributed by atoms with Gasteiger partial charge in [0, 0.05) is 5.54 Å². The standard InChI is InChI=1S/C19H16ClF3N4O2/c1-18(8-10(28)9-18)26-15-11-6-7-14(19(21,22)23)24-16(11)27(17(29)25-15)13-5-3-2-4-12(13)20/h2-7,10,28H,8-9H2,1H3,(H,25,26,29)/t10-,18+. The molecule has 0 amide bonds. The fourth-order valence-corrected chi connectivity index (χ4v) is 3.79. The molecule has 3 aromatic rings. The van der Waals surface area contributed by atoms with Crippen LogP contribution >= 0.6 is 11.6 Å². The fourth-order valence-electron chi connectivity index (χ4n) is 3.57. The number of benzene rings is 1. The third kappa shape index (κ3) is 3.56. The highest BCUT2D eigenvalue weighted by Gasteiger charge is 2.40. The number of nitrogens with zero attached hydrogens (tertiary/aromatic N) is 3. The first-order valence-electron chi connectivity index (χ1n) is 8.80. The Morgan fingerprint density at radius 2 is 1.90 bits per heavy atom. The predicted octanol–water partition coefficient (Wildman–Crippen LogP) is 3.78. The molecule has 2 heterocycles. The second kappa shape index (κ2) is 6.70. The van der Waals surface area contributed by atoms with Gasteiger partial charge in [-0.1, -0.05) is 23.7 Å². The smallest absolute Gasteiger partial charge is 0.393 e. The van der Waals surface area contributed by atoms with E-state index >= 15 is 0 Å². The van der Waals surface area contributed by atoms with Crippen LogP contribution in [0.1, 0.15) is 25.5 Å². The van der Waals surface area contributed by atoms with Crippen molar-refractivity contribution >= 4 is 28.5 Å². The number of pyridine rings is 1. The van der Waals surface area contributed by atoms with Crippen LogP contribution in [0.2, 0.25) is 5.02 Å². The van der Waals surface area contributed by atoms with Gasteiger partial charge in [-0.15, -0.1) is 0 Å². The van der Waals surface area contributed by atoms with Crippen molar-refractivity contribution < 1.29 is 18.3 Å². The van der Waals surface area contributed by atoms with Crippen LogP contribution in [-0.4, -0.2) is 31.3 Å². The van der Waals surface area contributed by atoms with Gasteiger partial charge in [-0.2, -0.15) is 18.2 Å². The number of hydrogen-bond acceptors (Lipinski definition) is 5. The maximum Gasteiger partial charge on any atom is 0.433 e. The van der Waals surface area contributed by atoms with Crippen molar-refractivity contribution in [3.8, 4) is 5.69 Å². The normalized spacial score (nSPS) is 21.8. The van der Waals surface area contributed by atoms with Gasteiger partial charge in [-0.25, -0.2) is 14.3 Å². The summed E-state index contributed by atoms with van der Waals surface area (Å²) in [6.07, 6.45) is -4.30. The molecule has 0 spiro atoms. The molecule has 0 unspecified atom stereocenters. The summed E-state index contributed by atoms with van der Waals surface area (Å²) in [5.74, 6) is 0.115. The van der Waals surface area contributed by atoms with E-state index in [1.807, 2.05) is 6.92 Å². The topological polar surface area (TPSA) is 80.0 Å². The number of aliphatic hydroxyl groups is 1. The van der Waals surface area contributed by atoms with Crippen molar-refractivity contribution in [3.05, 3.63) is 57.6 Å². The number of halogens is 4. The summed E-state index contributed by atoms with van der Waals surface area (Å²) < 4.78 is 40.8. The van der Waals surface area contributed by atoms with Crippen molar-refractivity contribution in [1.29, 1.82) is 0 Å². The molecule has 10 heteroatoms. The molecule has 1 saturated carbocycles. The molecule has 152 valence electrons. The Balaban J connectivity index is 1.98. The number of fused-ring (bicyclic) bond motifs is 1. The fraction of sp³-hybridized carbons (Fsp3) is 0.316. The van der Waals surface area contributed by atoms with Crippen LogP contribution in [0, 0.1) is 0 Å². The minimum absolute atomic E-state index is 0.115. The van der Waals surface area contributed by atoms with Crippen molar-refractivity contribution in [2.75, 3.05) is 5.32 Å². The van der Waals surface area contributed by atoms with Gasteiger partial charge in [0.2, 0.25) is 0 Å². The van der Waals surface area contributed by atoms with Crippen LogP contribution in [0.4, 0.5) is 19.0 Å². The highest BCUT2D eigenvalue weighted by molar-refractivity contribution is 6.32. The Bertz CT molecular complexity index is 1160. The first kappa shape index (κ1) is 19.7. The lowest BCUT2D eigenvalue weighted by Gasteiger charge is -2.43. The lowest BCUT2D eigenvalue weighted by Crippen LogP contribution is -2.51. The third-order valence-electron chi connectivity index (χ3n) is 4.92. The summed E-state index contributed by atoms with van der Waals surface area (Å²) in [7, 11) is 0. The van der Waals surface area contributed by atoms with Crippen LogP contribution in [0.25, 0.3) is 16.7 Å². The lowest BCUT2D eigenvalue weighted by molar-refractivity contribution is -0.141. The van der Waals surface area contributed by atoms with Crippen LogP contribution in [0.15, 0.2) is 41.2 Å². The Morgan fingerprint density at radius 1 is 1.21 bits per heavy atom. The van der Waals surface area contributed by atoms with E-state index < -0.39 is 29.2 Å². The summed E-state index contributed by atoms with van der Waals surface area (Å²) >= 11 is 6.17. The van der Waals surface area contributed by atoms with E-state index in [2.05, 4.69) is 15.3 Å². The molecule has 1 fully saturated rings. The van der Waals surface area contributed by atoms with E-state index in [4.69, 9.17) is 11.6 Å². The second-order valence-electron chi connectivity index (χ2n) is 7.34. The zero-order valence-corrected chi connectivity index (χ0v) is 15.9. The van der Waals surface area contributed by atoms with E-state index in [-0.39, 0.29) is 27.6 Å². The molecular formula is C19H16ClF3N4O2. The monoisotopic (exact) mass is 424 g/mol. The summed E-state index contributed by atoms with van der Waals surface area (Å²) in [5, 5.41) is 13.1. The molecule has 2 N–H and O–H groups in total. The number of rotatable bonds is 3. The highest BCUT2D eigenvalue weighted by atomic mass is 35.5. The zero-order chi connectivity index (χ0) is 21.0. The molecule has 1 aromatic carbocycles. The Hall–Kier alpha value is -2.65. The third-order valence-corrected chi connectivity index (χ3v) is 5.24. The van der Waals surface area contributed by atoms with Crippen molar-refractivity contribution in [3.63, 3.8) is 0 Å². The lowest BCUT2D eigenvalue weighted by atomic mass is 9.76. The maximum atomic E-state index is 13.3.